The molecule has 19 heavy (non-hydrogen) atoms. The largest absolute Gasteiger partial charge is 0.387 e. The smallest absolute Gasteiger partial charge is 0.0912 e. The highest BCUT2D eigenvalue weighted by molar-refractivity contribution is 6.07. The van der Waals surface area contributed by atoms with Gasteiger partial charge in [0.25, 0.3) is 0 Å². The number of nitrogens with two attached hydrogens (primary N) is 1. The summed E-state index contributed by atoms with van der Waals surface area (Å²) in [7, 11) is 0. The molecule has 0 fully saturated rings. The molecule has 0 amide bonds. The molecule has 0 bridgehead atoms. The number of hydrogen-bond donors (Lipinski definition) is 2. The van der Waals surface area contributed by atoms with E-state index in [1.54, 1.807) is 0 Å². The van der Waals surface area contributed by atoms with Crippen molar-refractivity contribution in [1.29, 1.82) is 0 Å². The zero-order valence-electron chi connectivity index (χ0n) is 10.4. The molecule has 3 heteroatoms. The van der Waals surface area contributed by atoms with E-state index in [0.29, 0.717) is 0 Å². The number of aliphatic hydroxyl groups excluding tert-OH is 1. The van der Waals surface area contributed by atoms with Crippen LogP contribution in [0.4, 0.5) is 0 Å². The van der Waals surface area contributed by atoms with Gasteiger partial charge in [0.2, 0.25) is 0 Å². The van der Waals surface area contributed by atoms with E-state index in [0.717, 1.165) is 10.9 Å². The quantitative estimate of drug-likeness (QED) is 0.703. The van der Waals surface area contributed by atoms with Crippen LogP contribution in [0.2, 0.25) is 0 Å². The van der Waals surface area contributed by atoms with Crippen LogP contribution < -0.4 is 5.73 Å². The maximum absolute atomic E-state index is 9.84. The van der Waals surface area contributed by atoms with Crippen LogP contribution in [0.5, 0.6) is 0 Å². The zero-order chi connectivity index (χ0) is 12.5. The third-order valence-corrected chi connectivity index (χ3v) is 3.38. The molecule has 0 radical (unpaired) electrons. The second kappa shape index (κ2) is 5.57. The second-order valence-corrected chi connectivity index (χ2v) is 4.52. The predicted molar refractivity (Wildman–Crippen MR) is 82.7 cm³/mol. The fourth-order valence-electron chi connectivity index (χ4n) is 2.36. The Morgan fingerprint density at radius 1 is 0.895 bits per heavy atom. The van der Waals surface area contributed by atoms with E-state index in [1.165, 1.54) is 16.2 Å². The minimum atomic E-state index is -0.589. The molecule has 0 aromatic heterocycles. The highest BCUT2D eigenvalue weighted by Crippen LogP contribution is 2.27. The van der Waals surface area contributed by atoms with Crippen LogP contribution in [0.1, 0.15) is 11.7 Å². The molecule has 0 saturated carbocycles. The summed E-state index contributed by atoms with van der Waals surface area (Å²) in [4.78, 5) is 0. The number of hydrogen-bond acceptors (Lipinski definition) is 2. The molecule has 0 spiro atoms. The van der Waals surface area contributed by atoms with Gasteiger partial charge in [-0.2, -0.15) is 0 Å². The monoisotopic (exact) mass is 273 g/mol. The normalized spacial score (nSPS) is 12.3. The minimum Gasteiger partial charge on any atom is -0.387 e. The number of fused-ring (bicyclic) bond motifs is 3. The SMILES string of the molecule is Cl.NCC(O)c1ccc2ccc3ccccc3c2c1. The Balaban J connectivity index is 0.00000133. The minimum absolute atomic E-state index is 0. The van der Waals surface area contributed by atoms with E-state index in [9.17, 15) is 5.11 Å². The van der Waals surface area contributed by atoms with E-state index in [1.807, 2.05) is 30.3 Å². The van der Waals surface area contributed by atoms with Crippen molar-refractivity contribution >= 4 is 34.0 Å². The number of rotatable bonds is 2. The van der Waals surface area contributed by atoms with Gasteiger partial charge in [-0.15, -0.1) is 12.4 Å². The number of aliphatic hydroxyl groups is 1. The number of halogens is 1. The zero-order valence-corrected chi connectivity index (χ0v) is 11.2. The van der Waals surface area contributed by atoms with E-state index in [4.69, 9.17) is 5.73 Å². The molecule has 0 aliphatic rings. The van der Waals surface area contributed by atoms with Gasteiger partial charge >= 0.3 is 0 Å². The maximum Gasteiger partial charge on any atom is 0.0912 e. The third-order valence-electron chi connectivity index (χ3n) is 3.38. The molecule has 3 N–H and O–H groups in total. The van der Waals surface area contributed by atoms with E-state index in [2.05, 4.69) is 24.3 Å². The van der Waals surface area contributed by atoms with Crippen molar-refractivity contribution in [2.75, 3.05) is 6.54 Å². The lowest BCUT2D eigenvalue weighted by Crippen LogP contribution is -2.11. The molecule has 0 saturated heterocycles. The first kappa shape index (κ1) is 13.8. The maximum atomic E-state index is 9.84. The molecule has 0 heterocycles. The molecule has 3 aromatic carbocycles. The molecule has 0 aliphatic carbocycles. The number of benzene rings is 3. The standard InChI is InChI=1S/C16H15NO.ClH/c17-10-16(18)13-8-7-12-6-5-11-3-1-2-4-14(11)15(12)9-13;/h1-9,16,18H,10,17H2;1H. The first-order chi connectivity index (χ1) is 8.79. The summed E-state index contributed by atoms with van der Waals surface area (Å²) in [5, 5.41) is 14.6. The van der Waals surface area contributed by atoms with Crippen molar-refractivity contribution in [1.82, 2.24) is 0 Å². The summed E-state index contributed by atoms with van der Waals surface area (Å²) in [5.74, 6) is 0. The van der Waals surface area contributed by atoms with Crippen molar-refractivity contribution in [3.05, 3.63) is 60.2 Å². The van der Waals surface area contributed by atoms with Gasteiger partial charge in [0.05, 0.1) is 6.10 Å². The Morgan fingerprint density at radius 3 is 2.26 bits per heavy atom. The lowest BCUT2D eigenvalue weighted by molar-refractivity contribution is 0.187. The third kappa shape index (κ3) is 2.43. The average molecular weight is 274 g/mol. The van der Waals surface area contributed by atoms with Gasteiger partial charge < -0.3 is 10.8 Å². The molecule has 2 nitrogen and oxygen atoms in total. The van der Waals surface area contributed by atoms with Crippen molar-refractivity contribution in [3.63, 3.8) is 0 Å². The van der Waals surface area contributed by atoms with Crippen LogP contribution in [0.15, 0.2) is 54.6 Å². The highest BCUT2D eigenvalue weighted by Gasteiger charge is 2.07. The van der Waals surface area contributed by atoms with Crippen LogP contribution in [0, 0.1) is 0 Å². The Labute approximate surface area is 118 Å². The Bertz CT molecular complexity index is 711. The van der Waals surface area contributed by atoms with Gasteiger partial charge in [-0.1, -0.05) is 48.5 Å². The van der Waals surface area contributed by atoms with Crippen LogP contribution in [-0.4, -0.2) is 11.7 Å². The average Bonchev–Trinajstić information content (AvgIpc) is 2.45. The molecular formula is C16H16ClNO. The van der Waals surface area contributed by atoms with Crippen molar-refractivity contribution in [2.45, 2.75) is 6.10 Å². The van der Waals surface area contributed by atoms with Crippen molar-refractivity contribution in [2.24, 2.45) is 5.73 Å². The Kier molecular flexibility index (Phi) is 4.05. The van der Waals surface area contributed by atoms with E-state index < -0.39 is 6.10 Å². The topological polar surface area (TPSA) is 46.2 Å². The van der Waals surface area contributed by atoms with Gasteiger partial charge in [-0.3, -0.25) is 0 Å². The summed E-state index contributed by atoms with van der Waals surface area (Å²) in [6.07, 6.45) is -0.589. The summed E-state index contributed by atoms with van der Waals surface area (Å²) >= 11 is 0. The molecule has 0 aliphatic heterocycles. The molecular weight excluding hydrogens is 258 g/mol. The van der Waals surface area contributed by atoms with Crippen LogP contribution in [0.25, 0.3) is 21.5 Å². The molecule has 3 rings (SSSR count). The van der Waals surface area contributed by atoms with Crippen molar-refractivity contribution in [3.8, 4) is 0 Å². The first-order valence-electron chi connectivity index (χ1n) is 6.09. The summed E-state index contributed by atoms with van der Waals surface area (Å²) in [5.41, 5.74) is 6.39. The fraction of sp³-hybridized carbons (Fsp3) is 0.125. The Hall–Kier alpha value is -1.61. The first-order valence-corrected chi connectivity index (χ1v) is 6.09. The van der Waals surface area contributed by atoms with E-state index in [-0.39, 0.29) is 19.0 Å². The van der Waals surface area contributed by atoms with Gasteiger partial charge in [0.1, 0.15) is 0 Å². The lowest BCUT2D eigenvalue weighted by Gasteiger charge is -2.10. The molecule has 1 unspecified atom stereocenters. The summed E-state index contributed by atoms with van der Waals surface area (Å²) < 4.78 is 0. The predicted octanol–water partition coefficient (Wildman–Crippen LogP) is 3.41. The van der Waals surface area contributed by atoms with Gasteiger partial charge in [0, 0.05) is 6.54 Å². The van der Waals surface area contributed by atoms with E-state index >= 15 is 0 Å². The molecule has 1 atom stereocenters. The Morgan fingerprint density at radius 2 is 1.53 bits per heavy atom. The fourth-order valence-corrected chi connectivity index (χ4v) is 2.36. The highest BCUT2D eigenvalue weighted by atomic mass is 35.5. The molecule has 98 valence electrons. The molecule has 3 aromatic rings. The van der Waals surface area contributed by atoms with Crippen LogP contribution in [0.3, 0.4) is 0 Å². The summed E-state index contributed by atoms with van der Waals surface area (Å²) in [6.45, 7) is 0.246. The van der Waals surface area contributed by atoms with Crippen LogP contribution >= 0.6 is 12.4 Å². The lowest BCUT2D eigenvalue weighted by atomic mass is 9.98. The summed E-state index contributed by atoms with van der Waals surface area (Å²) in [6, 6.07) is 18.5. The second-order valence-electron chi connectivity index (χ2n) is 4.52. The van der Waals surface area contributed by atoms with Gasteiger partial charge in [0.15, 0.2) is 0 Å². The van der Waals surface area contributed by atoms with Crippen LogP contribution in [-0.2, 0) is 0 Å². The van der Waals surface area contributed by atoms with Gasteiger partial charge in [-0.25, -0.2) is 0 Å². The van der Waals surface area contributed by atoms with Gasteiger partial charge in [-0.05, 0) is 33.2 Å². The van der Waals surface area contributed by atoms with Crippen molar-refractivity contribution < 1.29 is 5.11 Å².